The van der Waals surface area contributed by atoms with Crippen molar-refractivity contribution in [1.29, 1.82) is 0 Å². The number of hydrogen-bond donors (Lipinski definition) is 0. The lowest BCUT2D eigenvalue weighted by Crippen LogP contribution is -2.17. The second kappa shape index (κ2) is 8.32. The highest BCUT2D eigenvalue weighted by Crippen LogP contribution is 2.37. The standard InChI is InChI=1S/C22H22N2O5S2/c1-4-9-24-17-11-18-19(29-13-28-18)12-20(17)30-22(24)23-21(25)10-15-5-7-16(8-6-15)31(26,27)14(2)3/h4-8,11-12,14H,1,9-10,13H2,2-3H3. The maximum absolute atomic E-state index is 12.6. The lowest BCUT2D eigenvalue weighted by molar-refractivity contribution is -0.117. The fourth-order valence-electron chi connectivity index (χ4n) is 3.24. The smallest absolute Gasteiger partial charge is 0.252 e. The average molecular weight is 459 g/mol. The van der Waals surface area contributed by atoms with Crippen molar-refractivity contribution in [2.75, 3.05) is 6.79 Å². The Bertz CT molecular complexity index is 1330. The Labute approximate surface area is 184 Å². The molecule has 0 fully saturated rings. The predicted octanol–water partition coefficient (Wildman–Crippen LogP) is 3.47. The number of allylic oxidation sites excluding steroid dienone is 1. The lowest BCUT2D eigenvalue weighted by Gasteiger charge is -2.08. The van der Waals surface area contributed by atoms with Gasteiger partial charge in [-0.15, -0.1) is 6.58 Å². The van der Waals surface area contributed by atoms with Gasteiger partial charge < -0.3 is 14.0 Å². The highest BCUT2D eigenvalue weighted by atomic mass is 32.2. The molecule has 0 radical (unpaired) electrons. The van der Waals surface area contributed by atoms with Crippen LogP contribution in [0.3, 0.4) is 0 Å². The molecule has 1 aliphatic heterocycles. The second-order valence-electron chi connectivity index (χ2n) is 7.38. The van der Waals surface area contributed by atoms with Gasteiger partial charge in [-0.3, -0.25) is 4.79 Å². The van der Waals surface area contributed by atoms with Crippen LogP contribution >= 0.6 is 11.3 Å². The molecule has 0 saturated carbocycles. The van der Waals surface area contributed by atoms with Crippen LogP contribution in [0.4, 0.5) is 0 Å². The molecule has 0 N–H and O–H groups in total. The summed E-state index contributed by atoms with van der Waals surface area (Å²) >= 11 is 1.39. The first-order valence-corrected chi connectivity index (χ1v) is 12.1. The minimum Gasteiger partial charge on any atom is -0.454 e. The summed E-state index contributed by atoms with van der Waals surface area (Å²) in [5.41, 5.74) is 1.59. The number of carbonyl (C=O) groups is 1. The Kier molecular flexibility index (Phi) is 5.72. The Morgan fingerprint density at radius 3 is 2.55 bits per heavy atom. The summed E-state index contributed by atoms with van der Waals surface area (Å²) in [6.45, 7) is 7.77. The highest BCUT2D eigenvalue weighted by Gasteiger charge is 2.19. The van der Waals surface area contributed by atoms with Crippen molar-refractivity contribution in [3.63, 3.8) is 0 Å². The van der Waals surface area contributed by atoms with E-state index in [0.29, 0.717) is 28.4 Å². The van der Waals surface area contributed by atoms with Crippen LogP contribution in [0.2, 0.25) is 0 Å². The monoisotopic (exact) mass is 458 g/mol. The minimum absolute atomic E-state index is 0.0765. The molecular weight excluding hydrogens is 436 g/mol. The SMILES string of the molecule is C=CCn1c(=NC(=O)Cc2ccc(S(=O)(=O)C(C)C)cc2)sc2cc3c(cc21)OCO3. The van der Waals surface area contributed by atoms with Crippen LogP contribution < -0.4 is 14.3 Å². The Balaban J connectivity index is 1.63. The average Bonchev–Trinajstić information content (AvgIpc) is 3.31. The third kappa shape index (κ3) is 4.15. The number of sulfone groups is 1. The number of aromatic nitrogens is 1. The molecule has 1 aliphatic rings. The summed E-state index contributed by atoms with van der Waals surface area (Å²) < 4.78 is 38.2. The van der Waals surface area contributed by atoms with E-state index < -0.39 is 15.1 Å². The molecule has 2 aromatic carbocycles. The molecule has 9 heteroatoms. The van der Waals surface area contributed by atoms with Crippen molar-refractivity contribution in [3.05, 3.63) is 59.4 Å². The summed E-state index contributed by atoms with van der Waals surface area (Å²) in [5.74, 6) is 1.02. The number of nitrogens with zero attached hydrogens (tertiary/aromatic N) is 2. The van der Waals surface area contributed by atoms with E-state index in [9.17, 15) is 13.2 Å². The fraction of sp³-hybridized carbons (Fsp3) is 0.273. The van der Waals surface area contributed by atoms with Gasteiger partial charge in [-0.25, -0.2) is 8.42 Å². The molecule has 0 saturated heterocycles. The topological polar surface area (TPSA) is 87.0 Å². The summed E-state index contributed by atoms with van der Waals surface area (Å²) in [7, 11) is -3.34. The van der Waals surface area contributed by atoms with E-state index in [-0.39, 0.29) is 24.0 Å². The summed E-state index contributed by atoms with van der Waals surface area (Å²) in [6.07, 6.45) is 1.82. The summed E-state index contributed by atoms with van der Waals surface area (Å²) in [6, 6.07) is 10.2. The number of hydrogen-bond acceptors (Lipinski definition) is 6. The van der Waals surface area contributed by atoms with E-state index in [2.05, 4.69) is 11.6 Å². The van der Waals surface area contributed by atoms with Crippen LogP contribution in [0.15, 0.2) is 58.9 Å². The number of carbonyl (C=O) groups excluding carboxylic acids is 1. The first kappa shape index (κ1) is 21.3. The highest BCUT2D eigenvalue weighted by molar-refractivity contribution is 7.92. The number of rotatable bonds is 6. The van der Waals surface area contributed by atoms with E-state index in [4.69, 9.17) is 9.47 Å². The molecule has 4 rings (SSSR count). The third-order valence-electron chi connectivity index (χ3n) is 4.94. The fourth-order valence-corrected chi connectivity index (χ4v) is 5.37. The van der Waals surface area contributed by atoms with Crippen molar-refractivity contribution >= 4 is 37.3 Å². The van der Waals surface area contributed by atoms with Gasteiger partial charge in [0.25, 0.3) is 5.91 Å². The number of thiazole rings is 1. The molecule has 3 aromatic rings. The van der Waals surface area contributed by atoms with Gasteiger partial charge in [0.1, 0.15) is 0 Å². The van der Waals surface area contributed by atoms with Gasteiger partial charge in [0.15, 0.2) is 26.1 Å². The van der Waals surface area contributed by atoms with Crippen LogP contribution in [0, 0.1) is 0 Å². The molecule has 7 nitrogen and oxygen atoms in total. The van der Waals surface area contributed by atoms with Crippen LogP contribution in [-0.2, 0) is 27.6 Å². The van der Waals surface area contributed by atoms with Gasteiger partial charge in [0, 0.05) is 18.7 Å². The summed E-state index contributed by atoms with van der Waals surface area (Å²) in [5, 5.41) is -0.500. The predicted molar refractivity (Wildman–Crippen MR) is 119 cm³/mol. The van der Waals surface area contributed by atoms with Crippen molar-refractivity contribution in [1.82, 2.24) is 4.57 Å². The maximum Gasteiger partial charge on any atom is 0.252 e. The molecule has 1 amide bonds. The Hall–Kier alpha value is -2.91. The third-order valence-corrected chi connectivity index (χ3v) is 8.15. The largest absolute Gasteiger partial charge is 0.454 e. The number of ether oxygens (including phenoxy) is 2. The van der Waals surface area contributed by atoms with Crippen molar-refractivity contribution in [2.24, 2.45) is 4.99 Å². The van der Waals surface area contributed by atoms with Crippen molar-refractivity contribution < 1.29 is 22.7 Å². The first-order chi connectivity index (χ1) is 14.8. The zero-order valence-electron chi connectivity index (χ0n) is 17.2. The first-order valence-electron chi connectivity index (χ1n) is 9.74. The van der Waals surface area contributed by atoms with Gasteiger partial charge in [0.2, 0.25) is 6.79 Å². The van der Waals surface area contributed by atoms with E-state index in [1.807, 2.05) is 16.7 Å². The molecule has 0 spiro atoms. The lowest BCUT2D eigenvalue weighted by atomic mass is 10.1. The van der Waals surface area contributed by atoms with Crippen molar-refractivity contribution in [2.45, 2.75) is 37.0 Å². The van der Waals surface area contributed by atoms with Crippen molar-refractivity contribution in [3.8, 4) is 11.5 Å². The quantitative estimate of drug-likeness (QED) is 0.528. The van der Waals surface area contributed by atoms with E-state index in [1.165, 1.54) is 23.5 Å². The summed E-state index contributed by atoms with van der Waals surface area (Å²) in [4.78, 5) is 17.8. The van der Waals surface area contributed by atoms with Crippen LogP contribution in [0.5, 0.6) is 11.5 Å². The maximum atomic E-state index is 12.6. The van der Waals surface area contributed by atoms with Crippen LogP contribution in [0.25, 0.3) is 10.2 Å². The Morgan fingerprint density at radius 1 is 1.23 bits per heavy atom. The molecular formula is C22H22N2O5S2. The molecule has 2 heterocycles. The van der Waals surface area contributed by atoms with E-state index in [0.717, 1.165) is 10.2 Å². The van der Waals surface area contributed by atoms with Crippen LogP contribution in [0.1, 0.15) is 19.4 Å². The van der Waals surface area contributed by atoms with E-state index >= 15 is 0 Å². The molecule has 31 heavy (non-hydrogen) atoms. The van der Waals surface area contributed by atoms with Gasteiger partial charge in [-0.05, 0) is 31.5 Å². The zero-order chi connectivity index (χ0) is 22.2. The van der Waals surface area contributed by atoms with Gasteiger partial charge in [0.05, 0.1) is 26.8 Å². The normalized spacial score (nSPS) is 13.8. The minimum atomic E-state index is -3.34. The molecule has 0 unspecified atom stereocenters. The molecule has 0 atom stereocenters. The second-order valence-corrected chi connectivity index (χ2v) is 10.9. The number of fused-ring (bicyclic) bond motifs is 2. The van der Waals surface area contributed by atoms with E-state index in [1.54, 1.807) is 32.1 Å². The van der Waals surface area contributed by atoms with Crippen LogP contribution in [-0.4, -0.2) is 30.9 Å². The molecule has 162 valence electrons. The number of amides is 1. The molecule has 1 aromatic heterocycles. The van der Waals surface area contributed by atoms with Gasteiger partial charge in [-0.2, -0.15) is 4.99 Å². The zero-order valence-corrected chi connectivity index (χ0v) is 18.8. The van der Waals surface area contributed by atoms with Gasteiger partial charge >= 0.3 is 0 Å². The molecule has 0 aliphatic carbocycles. The Morgan fingerprint density at radius 2 is 1.90 bits per heavy atom. The number of benzene rings is 2. The van der Waals surface area contributed by atoms with Gasteiger partial charge in [-0.1, -0.05) is 29.5 Å². The molecule has 0 bridgehead atoms.